The van der Waals surface area contributed by atoms with Gasteiger partial charge in [-0.25, -0.2) is 0 Å². The molecule has 0 aliphatic heterocycles. The van der Waals surface area contributed by atoms with E-state index in [4.69, 9.17) is 11.6 Å². The number of aromatic nitrogens is 1. The van der Waals surface area contributed by atoms with Crippen molar-refractivity contribution in [3.05, 3.63) is 47.1 Å². The second-order valence-corrected chi connectivity index (χ2v) is 3.44. The van der Waals surface area contributed by atoms with Crippen LogP contribution in [-0.4, -0.2) is 11.3 Å². The van der Waals surface area contributed by atoms with Gasteiger partial charge in [0.1, 0.15) is 6.29 Å². The van der Waals surface area contributed by atoms with Gasteiger partial charge in [0.2, 0.25) is 0 Å². The molecule has 0 N–H and O–H groups in total. The average molecular weight is 218 g/mol. The summed E-state index contributed by atoms with van der Waals surface area (Å²) in [4.78, 5) is 14.5. The van der Waals surface area contributed by atoms with E-state index >= 15 is 0 Å². The molecule has 2 rings (SSSR count). The zero-order valence-electron chi connectivity index (χ0n) is 7.85. The van der Waals surface area contributed by atoms with Crippen molar-refractivity contribution in [2.45, 2.75) is 0 Å². The molecule has 0 radical (unpaired) electrons. The minimum Gasteiger partial charge on any atom is -0.299 e. The van der Waals surface area contributed by atoms with Gasteiger partial charge in [0, 0.05) is 17.1 Å². The third-order valence-electron chi connectivity index (χ3n) is 2.10. The zero-order chi connectivity index (χ0) is 10.7. The van der Waals surface area contributed by atoms with Gasteiger partial charge in [-0.2, -0.15) is 0 Å². The van der Waals surface area contributed by atoms with E-state index in [2.05, 4.69) is 4.98 Å². The molecule has 2 nitrogen and oxygen atoms in total. The second-order valence-electron chi connectivity index (χ2n) is 3.03. The molecule has 0 aliphatic rings. The van der Waals surface area contributed by atoms with Crippen molar-refractivity contribution in [3.8, 4) is 0 Å². The number of rotatable bonds is 2. The van der Waals surface area contributed by atoms with Crippen molar-refractivity contribution in [2.75, 3.05) is 0 Å². The number of halogens is 1. The number of hydrogen-bond donors (Lipinski definition) is 0. The largest absolute Gasteiger partial charge is 0.299 e. The van der Waals surface area contributed by atoms with Crippen LogP contribution >= 0.6 is 11.6 Å². The first kappa shape index (κ1) is 9.87. The Morgan fingerprint density at radius 3 is 2.93 bits per heavy atom. The van der Waals surface area contributed by atoms with E-state index in [0.29, 0.717) is 5.02 Å². The Morgan fingerprint density at radius 2 is 2.13 bits per heavy atom. The highest BCUT2D eigenvalue weighted by atomic mass is 35.5. The van der Waals surface area contributed by atoms with Gasteiger partial charge in [0.15, 0.2) is 0 Å². The van der Waals surface area contributed by atoms with E-state index < -0.39 is 0 Å². The molecular weight excluding hydrogens is 210 g/mol. The number of allylic oxidation sites excluding steroid dienone is 1. The minimum atomic E-state index is 0.597. The zero-order valence-corrected chi connectivity index (χ0v) is 8.61. The van der Waals surface area contributed by atoms with Crippen molar-refractivity contribution in [1.29, 1.82) is 0 Å². The molecule has 3 heteroatoms. The fourth-order valence-electron chi connectivity index (χ4n) is 1.44. The van der Waals surface area contributed by atoms with Crippen LogP contribution in [0.25, 0.3) is 17.0 Å². The maximum atomic E-state index is 10.3. The standard InChI is InChI=1S/C12H8ClNO/c13-11-6-5-9-3-1-7-14-12(9)10(11)4-2-8-15/h1-8H/b4-2+. The highest BCUT2D eigenvalue weighted by molar-refractivity contribution is 6.33. The smallest absolute Gasteiger partial charge is 0.142 e. The molecule has 1 aromatic carbocycles. The van der Waals surface area contributed by atoms with Crippen molar-refractivity contribution in [3.63, 3.8) is 0 Å². The molecule has 0 saturated carbocycles. The molecule has 74 valence electrons. The molecule has 2 aromatic rings. The average Bonchev–Trinajstić information content (AvgIpc) is 2.28. The van der Waals surface area contributed by atoms with Crippen LogP contribution in [0.3, 0.4) is 0 Å². The number of aldehydes is 1. The Kier molecular flexibility index (Phi) is 2.79. The third kappa shape index (κ3) is 1.90. The van der Waals surface area contributed by atoms with Crippen molar-refractivity contribution >= 4 is 34.9 Å². The molecule has 0 unspecified atom stereocenters. The maximum absolute atomic E-state index is 10.3. The maximum Gasteiger partial charge on any atom is 0.142 e. The first-order valence-electron chi connectivity index (χ1n) is 4.48. The highest BCUT2D eigenvalue weighted by Crippen LogP contribution is 2.25. The molecule has 0 spiro atoms. The van der Waals surface area contributed by atoms with Gasteiger partial charge in [-0.05, 0) is 24.3 Å². The lowest BCUT2D eigenvalue weighted by Crippen LogP contribution is -1.84. The fraction of sp³-hybridized carbons (Fsp3) is 0. The highest BCUT2D eigenvalue weighted by Gasteiger charge is 2.03. The van der Waals surface area contributed by atoms with E-state index in [0.717, 1.165) is 22.8 Å². The lowest BCUT2D eigenvalue weighted by Gasteiger charge is -2.02. The summed E-state index contributed by atoms with van der Waals surface area (Å²) in [7, 11) is 0. The normalized spacial score (nSPS) is 11.0. The van der Waals surface area contributed by atoms with Gasteiger partial charge in [-0.15, -0.1) is 0 Å². The Balaban J connectivity index is 2.73. The molecule has 0 amide bonds. The van der Waals surface area contributed by atoms with Crippen LogP contribution < -0.4 is 0 Å². The summed E-state index contributed by atoms with van der Waals surface area (Å²) in [6.07, 6.45) is 5.51. The molecule has 0 fully saturated rings. The van der Waals surface area contributed by atoms with Crippen LogP contribution in [0.1, 0.15) is 5.56 Å². The predicted octanol–water partition coefficient (Wildman–Crippen LogP) is 3.10. The summed E-state index contributed by atoms with van der Waals surface area (Å²) in [5.41, 5.74) is 1.59. The number of benzene rings is 1. The Morgan fingerprint density at radius 1 is 1.27 bits per heavy atom. The lowest BCUT2D eigenvalue weighted by atomic mass is 10.1. The van der Waals surface area contributed by atoms with Crippen molar-refractivity contribution in [2.24, 2.45) is 0 Å². The second kappa shape index (κ2) is 4.24. The van der Waals surface area contributed by atoms with Crippen LogP contribution in [0.5, 0.6) is 0 Å². The van der Waals surface area contributed by atoms with E-state index in [1.165, 1.54) is 6.08 Å². The molecule has 0 atom stereocenters. The van der Waals surface area contributed by atoms with Gasteiger partial charge in [0.25, 0.3) is 0 Å². The van der Waals surface area contributed by atoms with Crippen molar-refractivity contribution in [1.82, 2.24) is 4.98 Å². The minimum absolute atomic E-state index is 0.597. The van der Waals surface area contributed by atoms with Crippen molar-refractivity contribution < 1.29 is 4.79 Å². The molecule has 0 aliphatic carbocycles. The topological polar surface area (TPSA) is 30.0 Å². The molecule has 0 bridgehead atoms. The number of pyridine rings is 1. The van der Waals surface area contributed by atoms with Gasteiger partial charge in [-0.1, -0.05) is 23.7 Å². The van der Waals surface area contributed by atoms with Gasteiger partial charge >= 0.3 is 0 Å². The van der Waals surface area contributed by atoms with Gasteiger partial charge in [-0.3, -0.25) is 9.78 Å². The van der Waals surface area contributed by atoms with E-state index in [1.807, 2.05) is 18.2 Å². The molecular formula is C12H8ClNO. The molecule has 1 heterocycles. The first-order chi connectivity index (χ1) is 7.33. The number of carbonyl (C=O) groups is 1. The number of fused-ring (bicyclic) bond motifs is 1. The van der Waals surface area contributed by atoms with E-state index in [1.54, 1.807) is 18.3 Å². The summed E-state index contributed by atoms with van der Waals surface area (Å²) in [5, 5.41) is 1.60. The SMILES string of the molecule is O=C/C=C/c1c(Cl)ccc2cccnc12. The summed E-state index contributed by atoms with van der Waals surface area (Å²) in [6.45, 7) is 0. The summed E-state index contributed by atoms with van der Waals surface area (Å²) in [5.74, 6) is 0. The van der Waals surface area contributed by atoms with Crippen LogP contribution in [0.4, 0.5) is 0 Å². The summed E-state index contributed by atoms with van der Waals surface area (Å²) < 4.78 is 0. The lowest BCUT2D eigenvalue weighted by molar-refractivity contribution is -0.104. The van der Waals surface area contributed by atoms with Crippen LogP contribution in [-0.2, 0) is 4.79 Å². The molecule has 15 heavy (non-hydrogen) atoms. The van der Waals surface area contributed by atoms with Crippen LogP contribution in [0, 0.1) is 0 Å². The van der Waals surface area contributed by atoms with E-state index in [9.17, 15) is 4.79 Å². The molecule has 0 saturated heterocycles. The molecule has 1 aromatic heterocycles. The Bertz CT molecular complexity index is 534. The summed E-state index contributed by atoms with van der Waals surface area (Å²) in [6, 6.07) is 7.53. The van der Waals surface area contributed by atoms with Gasteiger partial charge in [0.05, 0.1) is 10.5 Å². The number of carbonyl (C=O) groups excluding carboxylic acids is 1. The predicted molar refractivity (Wildman–Crippen MR) is 61.9 cm³/mol. The third-order valence-corrected chi connectivity index (χ3v) is 2.43. The Labute approximate surface area is 92.2 Å². The van der Waals surface area contributed by atoms with E-state index in [-0.39, 0.29) is 0 Å². The van der Waals surface area contributed by atoms with Gasteiger partial charge < -0.3 is 0 Å². The van der Waals surface area contributed by atoms with Crippen LogP contribution in [0.2, 0.25) is 5.02 Å². The Hall–Kier alpha value is -1.67. The first-order valence-corrected chi connectivity index (χ1v) is 4.86. The number of nitrogens with zero attached hydrogens (tertiary/aromatic N) is 1. The van der Waals surface area contributed by atoms with Crippen LogP contribution in [0.15, 0.2) is 36.5 Å². The fourth-order valence-corrected chi connectivity index (χ4v) is 1.65. The monoisotopic (exact) mass is 217 g/mol. The summed E-state index contributed by atoms with van der Waals surface area (Å²) >= 11 is 6.03. The quantitative estimate of drug-likeness (QED) is 0.572. The number of hydrogen-bond acceptors (Lipinski definition) is 2.